The summed E-state index contributed by atoms with van der Waals surface area (Å²) in [6.07, 6.45) is 1.56. The van der Waals surface area contributed by atoms with Crippen LogP contribution in [-0.4, -0.2) is 17.6 Å². The second kappa shape index (κ2) is 3.38. The number of anilines is 1. The molecule has 0 aliphatic heterocycles. The highest BCUT2D eigenvalue weighted by atomic mass is 16.5. The maximum absolute atomic E-state index is 11.1. The van der Waals surface area contributed by atoms with Gasteiger partial charge in [-0.05, 0) is 13.8 Å². The number of nitrogens with zero attached hydrogens (tertiary/aromatic N) is 2. The lowest BCUT2D eigenvalue weighted by atomic mass is 10.3. The molecule has 12 heavy (non-hydrogen) atoms. The maximum atomic E-state index is 11.1. The van der Waals surface area contributed by atoms with Crippen LogP contribution in [0.4, 0.5) is 5.69 Å². The van der Waals surface area contributed by atoms with Gasteiger partial charge in [0.2, 0.25) is 5.91 Å². The molecule has 66 valence electrons. The van der Waals surface area contributed by atoms with Crippen molar-refractivity contribution in [2.75, 3.05) is 11.4 Å². The van der Waals surface area contributed by atoms with E-state index >= 15 is 0 Å². The number of hydrogen-bond acceptors (Lipinski definition) is 3. The van der Waals surface area contributed by atoms with Gasteiger partial charge in [0.05, 0.1) is 6.20 Å². The van der Waals surface area contributed by atoms with Gasteiger partial charge in [-0.15, -0.1) is 0 Å². The SMILES string of the molecule is CCN(C(C)=O)c1cnoc1C. The number of carbonyl (C=O) groups excluding carboxylic acids is 1. The monoisotopic (exact) mass is 168 g/mol. The van der Waals surface area contributed by atoms with E-state index in [0.29, 0.717) is 12.3 Å². The molecule has 0 bridgehead atoms. The summed E-state index contributed by atoms with van der Waals surface area (Å²) in [6, 6.07) is 0. The van der Waals surface area contributed by atoms with E-state index in [0.717, 1.165) is 5.69 Å². The lowest BCUT2D eigenvalue weighted by molar-refractivity contribution is -0.116. The Kier molecular flexibility index (Phi) is 2.47. The van der Waals surface area contributed by atoms with Crippen LogP contribution in [0.5, 0.6) is 0 Å². The van der Waals surface area contributed by atoms with Crippen molar-refractivity contribution in [3.8, 4) is 0 Å². The smallest absolute Gasteiger partial charge is 0.223 e. The summed E-state index contributed by atoms with van der Waals surface area (Å²) >= 11 is 0. The summed E-state index contributed by atoms with van der Waals surface area (Å²) in [5.41, 5.74) is 0.755. The maximum Gasteiger partial charge on any atom is 0.223 e. The van der Waals surface area contributed by atoms with Gasteiger partial charge in [-0.1, -0.05) is 5.16 Å². The van der Waals surface area contributed by atoms with Crippen molar-refractivity contribution in [2.24, 2.45) is 0 Å². The molecule has 1 aromatic rings. The highest BCUT2D eigenvalue weighted by molar-refractivity contribution is 5.91. The quantitative estimate of drug-likeness (QED) is 0.669. The predicted octanol–water partition coefficient (Wildman–Crippen LogP) is 1.36. The van der Waals surface area contributed by atoms with Crippen LogP contribution >= 0.6 is 0 Å². The average Bonchev–Trinajstić information content (AvgIpc) is 2.38. The lowest BCUT2D eigenvalue weighted by Gasteiger charge is -2.16. The van der Waals surface area contributed by atoms with Gasteiger partial charge in [0.25, 0.3) is 0 Å². The second-order valence-electron chi connectivity index (χ2n) is 2.53. The molecule has 0 aliphatic carbocycles. The second-order valence-corrected chi connectivity index (χ2v) is 2.53. The van der Waals surface area contributed by atoms with E-state index in [2.05, 4.69) is 5.16 Å². The van der Waals surface area contributed by atoms with Gasteiger partial charge in [-0.25, -0.2) is 0 Å². The minimum Gasteiger partial charge on any atom is -0.359 e. The Morgan fingerprint density at radius 3 is 2.75 bits per heavy atom. The van der Waals surface area contributed by atoms with E-state index in [1.54, 1.807) is 18.0 Å². The van der Waals surface area contributed by atoms with Crippen LogP contribution in [-0.2, 0) is 4.79 Å². The summed E-state index contributed by atoms with van der Waals surface area (Å²) in [7, 11) is 0. The Morgan fingerprint density at radius 1 is 1.75 bits per heavy atom. The largest absolute Gasteiger partial charge is 0.359 e. The van der Waals surface area contributed by atoms with E-state index in [1.807, 2.05) is 6.92 Å². The summed E-state index contributed by atoms with van der Waals surface area (Å²) < 4.78 is 4.85. The van der Waals surface area contributed by atoms with Crippen molar-refractivity contribution in [1.82, 2.24) is 5.16 Å². The molecule has 0 aliphatic rings. The van der Waals surface area contributed by atoms with Gasteiger partial charge < -0.3 is 9.42 Å². The van der Waals surface area contributed by atoms with E-state index in [9.17, 15) is 4.79 Å². The summed E-state index contributed by atoms with van der Waals surface area (Å²) in [4.78, 5) is 12.7. The number of hydrogen-bond donors (Lipinski definition) is 0. The number of aromatic nitrogens is 1. The third-order valence-corrected chi connectivity index (χ3v) is 1.71. The number of aryl methyl sites for hydroxylation is 1. The van der Waals surface area contributed by atoms with Crippen LogP contribution in [0.2, 0.25) is 0 Å². The summed E-state index contributed by atoms with van der Waals surface area (Å²) in [5, 5.41) is 3.60. The molecule has 0 saturated heterocycles. The summed E-state index contributed by atoms with van der Waals surface area (Å²) in [5.74, 6) is 0.677. The molecule has 1 rings (SSSR count). The first-order valence-corrected chi connectivity index (χ1v) is 3.86. The van der Waals surface area contributed by atoms with E-state index in [4.69, 9.17) is 4.52 Å². The topological polar surface area (TPSA) is 46.3 Å². The first kappa shape index (κ1) is 8.77. The lowest BCUT2D eigenvalue weighted by Crippen LogP contribution is -2.27. The Morgan fingerprint density at radius 2 is 2.42 bits per heavy atom. The van der Waals surface area contributed by atoms with Gasteiger partial charge in [-0.3, -0.25) is 4.79 Å². The fourth-order valence-corrected chi connectivity index (χ4v) is 1.12. The molecule has 0 unspecified atom stereocenters. The van der Waals surface area contributed by atoms with Crippen molar-refractivity contribution in [3.63, 3.8) is 0 Å². The van der Waals surface area contributed by atoms with Crippen molar-refractivity contribution < 1.29 is 9.32 Å². The van der Waals surface area contributed by atoms with Crippen molar-refractivity contribution >= 4 is 11.6 Å². The van der Waals surface area contributed by atoms with Crippen LogP contribution in [0.1, 0.15) is 19.6 Å². The third kappa shape index (κ3) is 1.47. The zero-order chi connectivity index (χ0) is 9.14. The molecule has 1 aromatic heterocycles. The van der Waals surface area contributed by atoms with E-state index in [1.165, 1.54) is 6.92 Å². The fourth-order valence-electron chi connectivity index (χ4n) is 1.12. The molecule has 4 heteroatoms. The van der Waals surface area contributed by atoms with Gasteiger partial charge in [0.15, 0.2) is 5.76 Å². The van der Waals surface area contributed by atoms with Crippen LogP contribution in [0.3, 0.4) is 0 Å². The molecule has 4 nitrogen and oxygen atoms in total. The average molecular weight is 168 g/mol. The highest BCUT2D eigenvalue weighted by Crippen LogP contribution is 2.18. The molecule has 1 heterocycles. The molecular weight excluding hydrogens is 156 g/mol. The van der Waals surface area contributed by atoms with E-state index in [-0.39, 0.29) is 5.91 Å². The first-order valence-electron chi connectivity index (χ1n) is 3.86. The molecular formula is C8H12N2O2. The number of rotatable bonds is 2. The van der Waals surface area contributed by atoms with Gasteiger partial charge in [-0.2, -0.15) is 0 Å². The van der Waals surface area contributed by atoms with Crippen molar-refractivity contribution in [2.45, 2.75) is 20.8 Å². The van der Waals surface area contributed by atoms with Crippen LogP contribution < -0.4 is 4.90 Å². The highest BCUT2D eigenvalue weighted by Gasteiger charge is 2.13. The molecule has 0 N–H and O–H groups in total. The standard InChI is InChI=1S/C8H12N2O2/c1-4-10(7(3)11)8-5-9-12-6(8)2/h5H,4H2,1-3H3. The number of carbonyl (C=O) groups is 1. The Bertz CT molecular complexity index is 280. The zero-order valence-corrected chi connectivity index (χ0v) is 7.50. The van der Waals surface area contributed by atoms with Crippen molar-refractivity contribution in [3.05, 3.63) is 12.0 Å². The molecule has 0 aromatic carbocycles. The zero-order valence-electron chi connectivity index (χ0n) is 7.50. The molecule has 0 radical (unpaired) electrons. The van der Waals surface area contributed by atoms with Crippen LogP contribution in [0.15, 0.2) is 10.7 Å². The third-order valence-electron chi connectivity index (χ3n) is 1.71. The van der Waals surface area contributed by atoms with Gasteiger partial charge >= 0.3 is 0 Å². The molecule has 1 amide bonds. The Balaban J connectivity index is 2.94. The van der Waals surface area contributed by atoms with Gasteiger partial charge in [0, 0.05) is 13.5 Å². The molecule has 0 saturated carbocycles. The van der Waals surface area contributed by atoms with E-state index < -0.39 is 0 Å². The van der Waals surface area contributed by atoms with Crippen LogP contribution in [0.25, 0.3) is 0 Å². The minimum atomic E-state index is 0.00352. The predicted molar refractivity (Wildman–Crippen MR) is 44.9 cm³/mol. The minimum absolute atomic E-state index is 0.00352. The molecule has 0 atom stereocenters. The normalized spacial score (nSPS) is 9.92. The van der Waals surface area contributed by atoms with Crippen LogP contribution in [0, 0.1) is 6.92 Å². The Labute approximate surface area is 71.1 Å². The molecule has 0 fully saturated rings. The number of amides is 1. The molecule has 0 spiro atoms. The summed E-state index contributed by atoms with van der Waals surface area (Å²) in [6.45, 7) is 5.86. The van der Waals surface area contributed by atoms with Crippen molar-refractivity contribution in [1.29, 1.82) is 0 Å². The first-order chi connectivity index (χ1) is 5.66. The fraction of sp³-hybridized carbons (Fsp3) is 0.500. The van der Waals surface area contributed by atoms with Gasteiger partial charge in [0.1, 0.15) is 5.69 Å². The Hall–Kier alpha value is -1.32.